The summed E-state index contributed by atoms with van der Waals surface area (Å²) < 4.78 is 0. The third-order valence-electron chi connectivity index (χ3n) is 3.68. The summed E-state index contributed by atoms with van der Waals surface area (Å²) in [6.45, 7) is 1.00. The lowest BCUT2D eigenvalue weighted by molar-refractivity contribution is 0.911. The van der Waals surface area contributed by atoms with Gasteiger partial charge in [-0.05, 0) is 54.5 Å². The lowest BCUT2D eigenvalue weighted by Gasteiger charge is -2.08. The summed E-state index contributed by atoms with van der Waals surface area (Å²) in [4.78, 5) is 0. The van der Waals surface area contributed by atoms with E-state index in [4.69, 9.17) is 0 Å². The van der Waals surface area contributed by atoms with Crippen molar-refractivity contribution in [3.63, 3.8) is 0 Å². The van der Waals surface area contributed by atoms with E-state index in [1.165, 1.54) is 30.5 Å². The first kappa shape index (κ1) is 11.3. The average Bonchev–Trinajstić information content (AvgIpc) is 2.87. The molecule has 0 radical (unpaired) electrons. The lowest BCUT2D eigenvalue weighted by Crippen LogP contribution is -2.05. The molecule has 18 heavy (non-hydrogen) atoms. The van der Waals surface area contributed by atoms with Crippen LogP contribution in [-0.4, -0.2) is 6.54 Å². The molecular weight excluding hydrogens is 218 g/mol. The van der Waals surface area contributed by atoms with Crippen molar-refractivity contribution in [1.29, 1.82) is 0 Å². The van der Waals surface area contributed by atoms with Gasteiger partial charge in [0.05, 0.1) is 0 Å². The summed E-state index contributed by atoms with van der Waals surface area (Å²) >= 11 is 0. The van der Waals surface area contributed by atoms with Crippen molar-refractivity contribution in [2.24, 2.45) is 0 Å². The van der Waals surface area contributed by atoms with E-state index in [2.05, 4.69) is 53.8 Å². The van der Waals surface area contributed by atoms with Gasteiger partial charge in [-0.1, -0.05) is 36.4 Å². The number of anilines is 1. The molecule has 0 atom stereocenters. The number of hydrogen-bond donors (Lipinski definition) is 1. The predicted molar refractivity (Wildman–Crippen MR) is 77.1 cm³/mol. The van der Waals surface area contributed by atoms with Crippen molar-refractivity contribution in [2.75, 3.05) is 11.9 Å². The number of fused-ring (bicyclic) bond motifs is 1. The van der Waals surface area contributed by atoms with Gasteiger partial charge in [-0.2, -0.15) is 0 Å². The summed E-state index contributed by atoms with van der Waals surface area (Å²) in [7, 11) is 0. The van der Waals surface area contributed by atoms with E-state index in [9.17, 15) is 0 Å². The third kappa shape index (κ3) is 2.56. The van der Waals surface area contributed by atoms with E-state index in [0.717, 1.165) is 13.0 Å². The second-order valence-electron chi connectivity index (χ2n) is 5.00. The minimum atomic E-state index is 1.00. The van der Waals surface area contributed by atoms with Crippen LogP contribution in [0.5, 0.6) is 0 Å². The lowest BCUT2D eigenvalue weighted by atomic mass is 10.1. The largest absolute Gasteiger partial charge is 0.385 e. The predicted octanol–water partition coefficient (Wildman–Crippen LogP) is 3.83. The number of nitrogens with one attached hydrogen (secondary N) is 1. The van der Waals surface area contributed by atoms with Gasteiger partial charge in [-0.3, -0.25) is 0 Å². The molecule has 2 aromatic rings. The zero-order valence-corrected chi connectivity index (χ0v) is 10.7. The van der Waals surface area contributed by atoms with E-state index in [1.54, 1.807) is 11.1 Å². The molecule has 1 nitrogen and oxygen atoms in total. The van der Waals surface area contributed by atoms with Gasteiger partial charge in [0.15, 0.2) is 0 Å². The van der Waals surface area contributed by atoms with Crippen LogP contribution in [0.3, 0.4) is 0 Å². The maximum absolute atomic E-state index is 3.52. The highest BCUT2D eigenvalue weighted by molar-refractivity contribution is 5.50. The molecule has 92 valence electrons. The number of rotatable bonds is 4. The van der Waals surface area contributed by atoms with E-state index < -0.39 is 0 Å². The van der Waals surface area contributed by atoms with Crippen molar-refractivity contribution in [2.45, 2.75) is 25.7 Å². The number of hydrogen-bond acceptors (Lipinski definition) is 1. The molecule has 0 heterocycles. The molecule has 1 N–H and O–H groups in total. The zero-order chi connectivity index (χ0) is 12.2. The molecule has 0 bridgehead atoms. The summed E-state index contributed by atoms with van der Waals surface area (Å²) in [5, 5.41) is 3.52. The Morgan fingerprint density at radius 2 is 1.72 bits per heavy atom. The molecular formula is C17H19N. The molecule has 1 heteroatoms. The normalized spacial score (nSPS) is 13.3. The topological polar surface area (TPSA) is 12.0 Å². The van der Waals surface area contributed by atoms with Crippen LogP contribution >= 0.6 is 0 Å². The SMILES string of the molecule is c1ccc(CCNc2ccc3c(c2)CCC3)cc1. The molecule has 2 aromatic carbocycles. The van der Waals surface area contributed by atoms with Crippen molar-refractivity contribution in [1.82, 2.24) is 0 Å². The molecule has 0 fully saturated rings. The van der Waals surface area contributed by atoms with Crippen molar-refractivity contribution >= 4 is 5.69 Å². The molecule has 0 unspecified atom stereocenters. The Hall–Kier alpha value is -1.76. The standard InChI is InChI=1S/C17H19N/c1-2-5-14(6-3-1)11-12-18-17-10-9-15-7-4-8-16(15)13-17/h1-3,5-6,9-10,13,18H,4,7-8,11-12H2. The highest BCUT2D eigenvalue weighted by Gasteiger charge is 2.10. The van der Waals surface area contributed by atoms with Gasteiger partial charge in [0.1, 0.15) is 0 Å². The van der Waals surface area contributed by atoms with Crippen molar-refractivity contribution in [3.05, 3.63) is 65.2 Å². The van der Waals surface area contributed by atoms with Crippen molar-refractivity contribution in [3.8, 4) is 0 Å². The van der Waals surface area contributed by atoms with Crippen LogP contribution in [0, 0.1) is 0 Å². The monoisotopic (exact) mass is 237 g/mol. The minimum absolute atomic E-state index is 1.00. The van der Waals surface area contributed by atoms with Gasteiger partial charge < -0.3 is 5.32 Å². The van der Waals surface area contributed by atoms with Gasteiger partial charge >= 0.3 is 0 Å². The highest BCUT2D eigenvalue weighted by atomic mass is 14.9. The number of aryl methyl sites for hydroxylation is 2. The Kier molecular flexibility index (Phi) is 3.31. The maximum Gasteiger partial charge on any atom is 0.0343 e. The average molecular weight is 237 g/mol. The second kappa shape index (κ2) is 5.26. The first-order valence-corrected chi connectivity index (χ1v) is 6.81. The van der Waals surface area contributed by atoms with Crippen LogP contribution in [0.1, 0.15) is 23.1 Å². The molecule has 0 aliphatic heterocycles. The van der Waals surface area contributed by atoms with E-state index in [-0.39, 0.29) is 0 Å². The Bertz CT molecular complexity index is 516. The zero-order valence-electron chi connectivity index (χ0n) is 10.7. The molecule has 3 rings (SSSR count). The molecule has 0 amide bonds. The maximum atomic E-state index is 3.52. The smallest absolute Gasteiger partial charge is 0.0343 e. The molecule has 0 spiro atoms. The third-order valence-corrected chi connectivity index (χ3v) is 3.68. The van der Waals surface area contributed by atoms with Gasteiger partial charge in [0.25, 0.3) is 0 Å². The van der Waals surface area contributed by atoms with E-state index >= 15 is 0 Å². The molecule has 0 aromatic heterocycles. The Labute approximate surface area is 109 Å². The molecule has 1 aliphatic rings. The first-order valence-electron chi connectivity index (χ1n) is 6.81. The van der Waals surface area contributed by atoms with Gasteiger partial charge in [0, 0.05) is 12.2 Å². The van der Waals surface area contributed by atoms with Gasteiger partial charge in [-0.25, -0.2) is 0 Å². The fraction of sp³-hybridized carbons (Fsp3) is 0.294. The molecule has 0 saturated carbocycles. The first-order chi connectivity index (χ1) is 8.92. The van der Waals surface area contributed by atoms with E-state index in [1.807, 2.05) is 0 Å². The van der Waals surface area contributed by atoms with Crippen LogP contribution in [0.15, 0.2) is 48.5 Å². The van der Waals surface area contributed by atoms with Crippen LogP contribution in [0.2, 0.25) is 0 Å². The van der Waals surface area contributed by atoms with Crippen LogP contribution < -0.4 is 5.32 Å². The fourth-order valence-corrected chi connectivity index (χ4v) is 2.68. The Balaban J connectivity index is 1.57. The Morgan fingerprint density at radius 1 is 0.889 bits per heavy atom. The fourth-order valence-electron chi connectivity index (χ4n) is 2.68. The van der Waals surface area contributed by atoms with E-state index in [0.29, 0.717) is 0 Å². The molecule has 0 saturated heterocycles. The van der Waals surface area contributed by atoms with Gasteiger partial charge in [0.2, 0.25) is 0 Å². The molecule has 1 aliphatic carbocycles. The quantitative estimate of drug-likeness (QED) is 0.852. The highest BCUT2D eigenvalue weighted by Crippen LogP contribution is 2.24. The Morgan fingerprint density at radius 3 is 2.61 bits per heavy atom. The summed E-state index contributed by atoms with van der Waals surface area (Å²) in [5.74, 6) is 0. The van der Waals surface area contributed by atoms with Crippen molar-refractivity contribution < 1.29 is 0 Å². The second-order valence-corrected chi connectivity index (χ2v) is 5.00. The van der Waals surface area contributed by atoms with Crippen LogP contribution in [0.4, 0.5) is 5.69 Å². The van der Waals surface area contributed by atoms with Crippen LogP contribution in [0.25, 0.3) is 0 Å². The summed E-state index contributed by atoms with van der Waals surface area (Å²) in [6, 6.07) is 17.5. The minimum Gasteiger partial charge on any atom is -0.385 e. The summed E-state index contributed by atoms with van der Waals surface area (Å²) in [5.41, 5.74) is 5.75. The van der Waals surface area contributed by atoms with Gasteiger partial charge in [-0.15, -0.1) is 0 Å². The van der Waals surface area contributed by atoms with Crippen LogP contribution in [-0.2, 0) is 19.3 Å². The number of benzene rings is 2. The summed E-state index contributed by atoms with van der Waals surface area (Å²) in [6.07, 6.45) is 4.92.